The van der Waals surface area contributed by atoms with Crippen molar-refractivity contribution in [1.29, 1.82) is 0 Å². The number of aromatic nitrogens is 4. The van der Waals surface area contributed by atoms with Crippen LogP contribution in [0.15, 0.2) is 55.2 Å². The van der Waals surface area contributed by atoms with Gasteiger partial charge in [-0.3, -0.25) is 5.10 Å². The second-order valence-corrected chi connectivity index (χ2v) is 2.85. The number of para-hydroxylation sites is 1. The van der Waals surface area contributed by atoms with Gasteiger partial charge >= 0.3 is 0 Å². The molecule has 3 rings (SSSR count). The number of aromatic amines is 1. The Labute approximate surface area is 87.0 Å². The summed E-state index contributed by atoms with van der Waals surface area (Å²) < 4.78 is 0. The molecular formula is C11H10N4. The standard InChI is InChI=1S/C8H6N2.C3H4N2/c1-2-4-8-7(3-1)5-9-6-10-8;1-2-4-5-3-1/h1-6H;1-3H,(H,4,5). The average molecular weight is 198 g/mol. The fourth-order valence-corrected chi connectivity index (χ4v) is 1.14. The minimum Gasteiger partial charge on any atom is -0.286 e. The Balaban J connectivity index is 0.000000144. The molecule has 1 N–H and O–H groups in total. The molecule has 74 valence electrons. The number of rotatable bonds is 0. The molecule has 0 unspecified atom stereocenters. The molecule has 0 saturated heterocycles. The molecule has 0 spiro atoms. The van der Waals surface area contributed by atoms with Crippen molar-refractivity contribution in [3.63, 3.8) is 0 Å². The van der Waals surface area contributed by atoms with E-state index in [0.29, 0.717) is 0 Å². The van der Waals surface area contributed by atoms with Crippen molar-refractivity contribution in [3.05, 3.63) is 55.2 Å². The van der Waals surface area contributed by atoms with Gasteiger partial charge in [-0.25, -0.2) is 9.97 Å². The molecule has 0 atom stereocenters. The molecule has 0 fully saturated rings. The SMILES string of the molecule is c1ccc2ncncc2c1.c1cn[nH]c1. The first-order chi connectivity index (χ1) is 7.47. The van der Waals surface area contributed by atoms with Crippen LogP contribution >= 0.6 is 0 Å². The second kappa shape index (κ2) is 4.85. The summed E-state index contributed by atoms with van der Waals surface area (Å²) in [6, 6.07) is 9.74. The van der Waals surface area contributed by atoms with Gasteiger partial charge in [0.1, 0.15) is 6.33 Å². The van der Waals surface area contributed by atoms with E-state index >= 15 is 0 Å². The summed E-state index contributed by atoms with van der Waals surface area (Å²) in [6.07, 6.45) is 6.82. The van der Waals surface area contributed by atoms with E-state index < -0.39 is 0 Å². The van der Waals surface area contributed by atoms with Crippen molar-refractivity contribution in [1.82, 2.24) is 20.2 Å². The van der Waals surface area contributed by atoms with Crippen molar-refractivity contribution in [3.8, 4) is 0 Å². The van der Waals surface area contributed by atoms with Gasteiger partial charge in [0, 0.05) is 24.0 Å². The van der Waals surface area contributed by atoms with Gasteiger partial charge in [0.05, 0.1) is 5.52 Å². The van der Waals surface area contributed by atoms with Crippen molar-refractivity contribution >= 4 is 10.9 Å². The van der Waals surface area contributed by atoms with Gasteiger partial charge in [-0.05, 0) is 12.1 Å². The maximum absolute atomic E-state index is 4.07. The van der Waals surface area contributed by atoms with Crippen LogP contribution in [0.5, 0.6) is 0 Å². The smallest absolute Gasteiger partial charge is 0.116 e. The summed E-state index contributed by atoms with van der Waals surface area (Å²) in [4.78, 5) is 7.97. The zero-order chi connectivity index (χ0) is 10.3. The third kappa shape index (κ3) is 2.60. The highest BCUT2D eigenvalue weighted by Gasteiger charge is 1.87. The molecule has 0 saturated carbocycles. The van der Waals surface area contributed by atoms with Gasteiger partial charge in [-0.2, -0.15) is 5.10 Å². The Morgan fingerprint density at radius 1 is 1.07 bits per heavy atom. The third-order valence-corrected chi connectivity index (χ3v) is 1.82. The van der Waals surface area contributed by atoms with Crippen molar-refractivity contribution in [2.45, 2.75) is 0 Å². The lowest BCUT2D eigenvalue weighted by Gasteiger charge is -1.90. The fourth-order valence-electron chi connectivity index (χ4n) is 1.14. The van der Waals surface area contributed by atoms with Crippen LogP contribution in [0.2, 0.25) is 0 Å². The number of hydrogen-bond acceptors (Lipinski definition) is 3. The Morgan fingerprint density at radius 3 is 2.67 bits per heavy atom. The first-order valence-corrected chi connectivity index (χ1v) is 4.55. The van der Waals surface area contributed by atoms with Crippen LogP contribution in [-0.2, 0) is 0 Å². The van der Waals surface area contributed by atoms with Gasteiger partial charge < -0.3 is 0 Å². The molecule has 4 heteroatoms. The Bertz CT molecular complexity index is 422. The molecule has 4 nitrogen and oxygen atoms in total. The van der Waals surface area contributed by atoms with E-state index in [0.717, 1.165) is 10.9 Å². The van der Waals surface area contributed by atoms with Crippen molar-refractivity contribution < 1.29 is 0 Å². The minimum atomic E-state index is 0.998. The third-order valence-electron chi connectivity index (χ3n) is 1.82. The van der Waals surface area contributed by atoms with E-state index in [-0.39, 0.29) is 0 Å². The quantitative estimate of drug-likeness (QED) is 0.601. The van der Waals surface area contributed by atoms with Crippen LogP contribution in [0.25, 0.3) is 10.9 Å². The topological polar surface area (TPSA) is 54.5 Å². The molecule has 2 heterocycles. The van der Waals surface area contributed by atoms with Crippen LogP contribution in [0.3, 0.4) is 0 Å². The van der Waals surface area contributed by atoms with E-state index in [1.54, 1.807) is 18.7 Å². The normalized spacial score (nSPS) is 9.33. The monoisotopic (exact) mass is 198 g/mol. The van der Waals surface area contributed by atoms with E-state index in [9.17, 15) is 0 Å². The number of H-pyrrole nitrogens is 1. The highest BCUT2D eigenvalue weighted by atomic mass is 15.1. The Kier molecular flexibility index (Phi) is 3.02. The van der Waals surface area contributed by atoms with Crippen LogP contribution in [0.1, 0.15) is 0 Å². The first kappa shape index (κ1) is 9.33. The molecule has 0 bridgehead atoms. The molecule has 2 aromatic heterocycles. The number of hydrogen-bond donors (Lipinski definition) is 1. The van der Waals surface area contributed by atoms with Crippen molar-refractivity contribution in [2.24, 2.45) is 0 Å². The largest absolute Gasteiger partial charge is 0.286 e. The van der Waals surface area contributed by atoms with Gasteiger partial charge in [0.15, 0.2) is 0 Å². The molecular weight excluding hydrogens is 188 g/mol. The molecule has 3 aromatic rings. The Morgan fingerprint density at radius 2 is 2.00 bits per heavy atom. The number of benzene rings is 1. The highest BCUT2D eigenvalue weighted by molar-refractivity contribution is 5.76. The zero-order valence-electron chi connectivity index (χ0n) is 8.04. The first-order valence-electron chi connectivity index (χ1n) is 4.55. The summed E-state index contributed by atoms with van der Waals surface area (Å²) in [5.41, 5.74) is 0.998. The molecule has 0 amide bonds. The lowest BCUT2D eigenvalue weighted by atomic mass is 10.2. The second-order valence-electron chi connectivity index (χ2n) is 2.85. The zero-order valence-corrected chi connectivity index (χ0v) is 8.04. The molecule has 0 aliphatic rings. The molecule has 0 aliphatic carbocycles. The van der Waals surface area contributed by atoms with Gasteiger partial charge in [-0.15, -0.1) is 0 Å². The summed E-state index contributed by atoms with van der Waals surface area (Å²) in [7, 11) is 0. The molecule has 0 aliphatic heterocycles. The summed E-state index contributed by atoms with van der Waals surface area (Å²) in [5, 5.41) is 7.30. The van der Waals surface area contributed by atoms with Crippen LogP contribution in [0.4, 0.5) is 0 Å². The van der Waals surface area contributed by atoms with Crippen LogP contribution in [0, 0.1) is 0 Å². The predicted molar refractivity (Wildman–Crippen MR) is 58.1 cm³/mol. The summed E-state index contributed by atoms with van der Waals surface area (Å²) in [5.74, 6) is 0. The predicted octanol–water partition coefficient (Wildman–Crippen LogP) is 2.04. The number of nitrogens with one attached hydrogen (secondary N) is 1. The lowest BCUT2D eigenvalue weighted by molar-refractivity contribution is 1.09. The lowest BCUT2D eigenvalue weighted by Crippen LogP contribution is -1.77. The average Bonchev–Trinajstić information content (AvgIpc) is 2.88. The van der Waals surface area contributed by atoms with Crippen molar-refractivity contribution in [2.75, 3.05) is 0 Å². The van der Waals surface area contributed by atoms with E-state index in [4.69, 9.17) is 0 Å². The van der Waals surface area contributed by atoms with E-state index in [1.165, 1.54) is 0 Å². The Hall–Kier alpha value is -2.23. The molecule has 15 heavy (non-hydrogen) atoms. The number of nitrogens with zero attached hydrogens (tertiary/aromatic N) is 3. The molecule has 0 radical (unpaired) electrons. The fraction of sp³-hybridized carbons (Fsp3) is 0. The van der Waals surface area contributed by atoms with E-state index in [2.05, 4.69) is 20.2 Å². The maximum atomic E-state index is 4.07. The van der Waals surface area contributed by atoms with E-state index in [1.807, 2.05) is 36.5 Å². The van der Waals surface area contributed by atoms with Gasteiger partial charge in [0.2, 0.25) is 0 Å². The van der Waals surface area contributed by atoms with Crippen LogP contribution < -0.4 is 0 Å². The maximum Gasteiger partial charge on any atom is 0.116 e. The minimum absolute atomic E-state index is 0.998. The molecule has 1 aromatic carbocycles. The van der Waals surface area contributed by atoms with Gasteiger partial charge in [0.25, 0.3) is 0 Å². The number of fused-ring (bicyclic) bond motifs is 1. The highest BCUT2D eigenvalue weighted by Crippen LogP contribution is 2.06. The summed E-state index contributed by atoms with van der Waals surface area (Å²) in [6.45, 7) is 0. The van der Waals surface area contributed by atoms with Crippen LogP contribution in [-0.4, -0.2) is 20.2 Å². The van der Waals surface area contributed by atoms with Gasteiger partial charge in [-0.1, -0.05) is 18.2 Å². The summed E-state index contributed by atoms with van der Waals surface area (Å²) >= 11 is 0.